The lowest BCUT2D eigenvalue weighted by Gasteiger charge is -2.16. The molecule has 0 aliphatic rings. The highest BCUT2D eigenvalue weighted by atomic mass is 16.6. The molecule has 2 aromatic rings. The first-order chi connectivity index (χ1) is 8.76. The summed E-state index contributed by atoms with van der Waals surface area (Å²) < 4.78 is 1.69. The van der Waals surface area contributed by atoms with Crippen LogP contribution in [0.2, 0.25) is 0 Å². The predicted octanol–water partition coefficient (Wildman–Crippen LogP) is 2.29. The molecular formula is C13H16N3O3. The topological polar surface area (TPSA) is 81.2 Å². The number of rotatable bonds is 4. The van der Waals surface area contributed by atoms with Crippen molar-refractivity contribution in [2.45, 2.75) is 32.4 Å². The zero-order valence-corrected chi connectivity index (χ0v) is 11.0. The molecule has 6 heteroatoms. The van der Waals surface area contributed by atoms with E-state index >= 15 is 0 Å². The fourth-order valence-electron chi connectivity index (χ4n) is 1.83. The van der Waals surface area contributed by atoms with Crippen molar-refractivity contribution >= 4 is 16.6 Å². The number of fused-ring (bicyclic) bond motifs is 1. The van der Waals surface area contributed by atoms with Crippen molar-refractivity contribution in [1.29, 1.82) is 0 Å². The van der Waals surface area contributed by atoms with Gasteiger partial charge in [0.2, 0.25) is 0 Å². The van der Waals surface area contributed by atoms with Crippen molar-refractivity contribution in [3.8, 4) is 0 Å². The second kappa shape index (κ2) is 4.62. The Balaban J connectivity index is 2.33. The fourth-order valence-corrected chi connectivity index (χ4v) is 1.83. The van der Waals surface area contributed by atoms with E-state index in [1.54, 1.807) is 30.8 Å². The maximum atomic E-state index is 10.8. The Morgan fingerprint density at radius 1 is 1.53 bits per heavy atom. The molecule has 0 spiro atoms. The monoisotopic (exact) mass is 262 g/mol. The summed E-state index contributed by atoms with van der Waals surface area (Å²) in [4.78, 5) is 10.4. The molecule has 0 fully saturated rings. The van der Waals surface area contributed by atoms with Crippen molar-refractivity contribution in [1.82, 2.24) is 9.78 Å². The van der Waals surface area contributed by atoms with Gasteiger partial charge in [0.15, 0.2) is 0 Å². The maximum Gasteiger partial charge on any atom is 0.273 e. The Bertz CT molecular complexity index is 626. The van der Waals surface area contributed by atoms with Crippen LogP contribution in [0.4, 0.5) is 5.69 Å². The van der Waals surface area contributed by atoms with Crippen molar-refractivity contribution in [2.24, 2.45) is 0 Å². The van der Waals surface area contributed by atoms with Crippen LogP contribution in [0.25, 0.3) is 10.9 Å². The van der Waals surface area contributed by atoms with Crippen LogP contribution >= 0.6 is 0 Å². The molecule has 0 atom stereocenters. The Kier molecular flexibility index (Phi) is 3.28. The van der Waals surface area contributed by atoms with Gasteiger partial charge in [-0.15, -0.1) is 0 Å². The SMILES string of the molecule is [CH2]c1cc2nn(CCC(C)(C)O)cc2cc1[N+](=O)[O-]. The molecule has 1 heterocycles. The third-order valence-corrected chi connectivity index (χ3v) is 2.90. The van der Waals surface area contributed by atoms with Gasteiger partial charge in [-0.25, -0.2) is 0 Å². The Labute approximate surface area is 110 Å². The van der Waals surface area contributed by atoms with Gasteiger partial charge >= 0.3 is 0 Å². The summed E-state index contributed by atoms with van der Waals surface area (Å²) in [5.41, 5.74) is 0.257. The number of aliphatic hydroxyl groups is 1. The van der Waals surface area contributed by atoms with E-state index in [0.29, 0.717) is 29.4 Å². The van der Waals surface area contributed by atoms with Crippen LogP contribution < -0.4 is 0 Å². The summed E-state index contributed by atoms with van der Waals surface area (Å²) in [6, 6.07) is 3.08. The normalized spacial score (nSPS) is 12.0. The van der Waals surface area contributed by atoms with Crippen molar-refractivity contribution in [3.05, 3.63) is 40.9 Å². The first kappa shape index (κ1) is 13.5. The quantitative estimate of drug-likeness (QED) is 0.677. The van der Waals surface area contributed by atoms with Gasteiger partial charge in [0.1, 0.15) is 0 Å². The van der Waals surface area contributed by atoms with E-state index in [2.05, 4.69) is 12.0 Å². The van der Waals surface area contributed by atoms with E-state index in [9.17, 15) is 15.2 Å². The van der Waals surface area contributed by atoms with Gasteiger partial charge in [-0.1, -0.05) is 0 Å². The van der Waals surface area contributed by atoms with Gasteiger partial charge < -0.3 is 5.11 Å². The van der Waals surface area contributed by atoms with Crippen molar-refractivity contribution in [3.63, 3.8) is 0 Å². The largest absolute Gasteiger partial charge is 0.390 e. The first-order valence-electron chi connectivity index (χ1n) is 5.96. The lowest BCUT2D eigenvalue weighted by molar-refractivity contribution is -0.385. The lowest BCUT2D eigenvalue weighted by atomic mass is 10.1. The smallest absolute Gasteiger partial charge is 0.273 e. The minimum atomic E-state index is -0.762. The minimum absolute atomic E-state index is 0.00506. The summed E-state index contributed by atoms with van der Waals surface area (Å²) in [6.45, 7) is 7.67. The van der Waals surface area contributed by atoms with Crippen molar-refractivity contribution < 1.29 is 10.0 Å². The third-order valence-electron chi connectivity index (χ3n) is 2.90. The molecule has 0 saturated carbocycles. The highest BCUT2D eigenvalue weighted by molar-refractivity contribution is 5.82. The van der Waals surface area contributed by atoms with E-state index in [-0.39, 0.29) is 5.69 Å². The molecular weight excluding hydrogens is 246 g/mol. The number of hydrogen-bond donors (Lipinski definition) is 1. The standard InChI is InChI=1S/C13H16N3O3/c1-9-6-11-10(7-12(9)16(18)19)8-15(14-11)5-4-13(2,3)17/h6-8,17H,1,4-5H2,2-3H3. The second-order valence-electron chi connectivity index (χ2n) is 5.25. The van der Waals surface area contributed by atoms with E-state index in [1.807, 2.05) is 0 Å². The summed E-state index contributed by atoms with van der Waals surface area (Å²) in [7, 11) is 0. The van der Waals surface area contributed by atoms with Crippen LogP contribution in [0.5, 0.6) is 0 Å². The molecule has 1 aromatic carbocycles. The summed E-state index contributed by atoms with van der Waals surface area (Å²) in [6.07, 6.45) is 2.30. The summed E-state index contributed by atoms with van der Waals surface area (Å²) >= 11 is 0. The molecule has 6 nitrogen and oxygen atoms in total. The number of nitro benzene ring substituents is 1. The average Bonchev–Trinajstić information content (AvgIpc) is 2.65. The highest BCUT2D eigenvalue weighted by Crippen LogP contribution is 2.24. The molecule has 0 amide bonds. The van der Waals surface area contributed by atoms with Crippen LogP contribution in [-0.2, 0) is 6.54 Å². The zero-order chi connectivity index (χ0) is 14.2. The summed E-state index contributed by atoms with van der Waals surface area (Å²) in [5, 5.41) is 25.5. The van der Waals surface area contributed by atoms with Gasteiger partial charge in [0.05, 0.1) is 16.0 Å². The van der Waals surface area contributed by atoms with Gasteiger partial charge in [-0.2, -0.15) is 5.10 Å². The predicted molar refractivity (Wildman–Crippen MR) is 71.8 cm³/mol. The molecule has 1 aromatic heterocycles. The minimum Gasteiger partial charge on any atom is -0.390 e. The Morgan fingerprint density at radius 2 is 2.21 bits per heavy atom. The zero-order valence-electron chi connectivity index (χ0n) is 11.0. The van der Waals surface area contributed by atoms with E-state index in [1.165, 1.54) is 6.07 Å². The van der Waals surface area contributed by atoms with Gasteiger partial charge in [0, 0.05) is 29.8 Å². The molecule has 0 aliphatic heterocycles. The number of benzene rings is 1. The fraction of sp³-hybridized carbons (Fsp3) is 0.385. The maximum absolute atomic E-state index is 10.8. The highest BCUT2D eigenvalue weighted by Gasteiger charge is 2.15. The summed E-state index contributed by atoms with van der Waals surface area (Å²) in [5.74, 6) is 0. The number of nitro groups is 1. The third kappa shape index (κ3) is 3.08. The Hall–Kier alpha value is -1.95. The van der Waals surface area contributed by atoms with Gasteiger partial charge in [-0.3, -0.25) is 14.8 Å². The van der Waals surface area contributed by atoms with Crippen LogP contribution in [0.1, 0.15) is 25.8 Å². The van der Waals surface area contributed by atoms with E-state index < -0.39 is 10.5 Å². The molecule has 0 bridgehead atoms. The van der Waals surface area contributed by atoms with Crippen LogP contribution in [0.3, 0.4) is 0 Å². The molecule has 0 saturated heterocycles. The molecule has 1 N–H and O–H groups in total. The van der Waals surface area contributed by atoms with Crippen LogP contribution in [0.15, 0.2) is 18.3 Å². The lowest BCUT2D eigenvalue weighted by Crippen LogP contribution is -2.21. The molecule has 2 rings (SSSR count). The number of aryl methyl sites for hydroxylation is 1. The average molecular weight is 262 g/mol. The van der Waals surface area contributed by atoms with Crippen LogP contribution in [-0.4, -0.2) is 25.4 Å². The molecule has 0 aliphatic carbocycles. The van der Waals surface area contributed by atoms with Crippen molar-refractivity contribution in [2.75, 3.05) is 0 Å². The molecule has 1 radical (unpaired) electrons. The number of hydrogen-bond acceptors (Lipinski definition) is 4. The molecule has 101 valence electrons. The van der Waals surface area contributed by atoms with E-state index in [0.717, 1.165) is 0 Å². The van der Waals surface area contributed by atoms with Crippen LogP contribution in [0, 0.1) is 17.0 Å². The second-order valence-corrected chi connectivity index (χ2v) is 5.25. The number of nitrogens with zero attached hydrogens (tertiary/aromatic N) is 3. The first-order valence-corrected chi connectivity index (χ1v) is 5.96. The molecule has 19 heavy (non-hydrogen) atoms. The van der Waals surface area contributed by atoms with Gasteiger partial charge in [0.25, 0.3) is 5.69 Å². The number of aromatic nitrogens is 2. The van der Waals surface area contributed by atoms with Gasteiger partial charge in [-0.05, 0) is 33.3 Å². The molecule has 0 unspecified atom stereocenters. The van der Waals surface area contributed by atoms with E-state index in [4.69, 9.17) is 0 Å². The Morgan fingerprint density at radius 3 is 2.79 bits per heavy atom.